The molecule has 4 nitrogen and oxygen atoms in total. The maximum Gasteiger partial charge on any atom is 0.224 e. The zero-order chi connectivity index (χ0) is 20.1. The molecule has 2 aromatic carbocycles. The molecular formula is C25H33N2O2+. The second-order valence-corrected chi connectivity index (χ2v) is 8.99. The van der Waals surface area contributed by atoms with Crippen molar-refractivity contribution < 1.29 is 14.0 Å². The molecule has 1 saturated heterocycles. The normalized spacial score (nSPS) is 23.9. The van der Waals surface area contributed by atoms with E-state index in [9.17, 15) is 4.79 Å². The molecule has 0 saturated carbocycles. The van der Waals surface area contributed by atoms with Crippen LogP contribution in [0.15, 0.2) is 48.5 Å². The third kappa shape index (κ3) is 5.39. The molecule has 2 aromatic rings. The molecule has 0 radical (unpaired) electrons. The number of rotatable bonds is 7. The number of carbonyl (C=O) groups is 1. The zero-order valence-electron chi connectivity index (χ0n) is 17.5. The Morgan fingerprint density at radius 2 is 1.86 bits per heavy atom. The highest BCUT2D eigenvalue weighted by molar-refractivity contribution is 5.94. The minimum atomic E-state index is 0.0998. The van der Waals surface area contributed by atoms with Gasteiger partial charge >= 0.3 is 0 Å². The number of hydrogen-bond donors (Lipinski definition) is 1. The minimum absolute atomic E-state index is 0.0998. The van der Waals surface area contributed by atoms with Crippen molar-refractivity contribution in [2.45, 2.75) is 38.5 Å². The zero-order valence-corrected chi connectivity index (χ0v) is 17.5. The lowest BCUT2D eigenvalue weighted by molar-refractivity contribution is -0.915. The number of nitrogens with one attached hydrogen (secondary N) is 1. The Labute approximate surface area is 174 Å². The number of ether oxygens (including phenoxy) is 1. The Hall–Kier alpha value is -2.33. The van der Waals surface area contributed by atoms with E-state index in [4.69, 9.17) is 4.74 Å². The summed E-state index contributed by atoms with van der Waals surface area (Å²) >= 11 is 0. The fourth-order valence-electron chi connectivity index (χ4n) is 4.70. The van der Waals surface area contributed by atoms with E-state index in [-0.39, 0.29) is 5.91 Å². The molecule has 0 bridgehead atoms. The number of benzene rings is 2. The number of anilines is 1. The summed E-state index contributed by atoms with van der Waals surface area (Å²) in [7, 11) is 2.40. The summed E-state index contributed by atoms with van der Waals surface area (Å²) in [6.45, 7) is 4.43. The van der Waals surface area contributed by atoms with Crippen LogP contribution >= 0.6 is 0 Å². The largest absolute Gasteiger partial charge is 0.493 e. The van der Waals surface area contributed by atoms with Crippen LogP contribution in [0.4, 0.5) is 5.69 Å². The van der Waals surface area contributed by atoms with Crippen molar-refractivity contribution in [3.63, 3.8) is 0 Å². The molecule has 0 atom stereocenters. The van der Waals surface area contributed by atoms with Crippen LogP contribution in [0.25, 0.3) is 0 Å². The van der Waals surface area contributed by atoms with E-state index in [1.54, 1.807) is 0 Å². The van der Waals surface area contributed by atoms with Crippen LogP contribution in [0, 0.1) is 5.92 Å². The summed E-state index contributed by atoms with van der Waals surface area (Å²) < 4.78 is 7.14. The Morgan fingerprint density at radius 3 is 2.66 bits per heavy atom. The van der Waals surface area contributed by atoms with Gasteiger partial charge < -0.3 is 14.5 Å². The van der Waals surface area contributed by atoms with Crippen LogP contribution in [0.3, 0.4) is 0 Å². The van der Waals surface area contributed by atoms with Gasteiger partial charge in [-0.2, -0.15) is 0 Å². The van der Waals surface area contributed by atoms with Crippen LogP contribution in [0.1, 0.15) is 36.8 Å². The second-order valence-electron chi connectivity index (χ2n) is 8.99. The summed E-state index contributed by atoms with van der Waals surface area (Å²) in [6, 6.07) is 17.0. The molecule has 1 N–H and O–H groups in total. The fraction of sp³-hybridized carbons (Fsp3) is 0.480. The molecule has 0 aliphatic carbocycles. The Bertz CT molecular complexity index is 826. The van der Waals surface area contributed by atoms with Crippen molar-refractivity contribution in [2.24, 2.45) is 5.92 Å². The van der Waals surface area contributed by atoms with Crippen LogP contribution < -0.4 is 10.1 Å². The Kier molecular flexibility index (Phi) is 6.19. The molecule has 2 aliphatic heterocycles. The number of aryl methyl sites for hydroxylation is 1. The number of fused-ring (bicyclic) bond motifs is 1. The number of nitrogens with zero attached hydrogens (tertiary/aromatic N) is 1. The maximum atomic E-state index is 11.6. The van der Waals surface area contributed by atoms with Gasteiger partial charge in [0.25, 0.3) is 0 Å². The molecule has 1 amide bonds. The lowest BCUT2D eigenvalue weighted by atomic mass is 9.89. The predicted molar refractivity (Wildman–Crippen MR) is 117 cm³/mol. The highest BCUT2D eigenvalue weighted by Gasteiger charge is 2.29. The van der Waals surface area contributed by atoms with Crippen LogP contribution in [0.5, 0.6) is 5.75 Å². The lowest BCUT2D eigenvalue weighted by Crippen LogP contribution is -2.50. The van der Waals surface area contributed by atoms with E-state index in [2.05, 4.69) is 48.8 Å². The van der Waals surface area contributed by atoms with Crippen LogP contribution in [-0.4, -0.2) is 43.7 Å². The molecule has 29 heavy (non-hydrogen) atoms. The summed E-state index contributed by atoms with van der Waals surface area (Å²) in [5.74, 6) is 1.78. The Balaban J connectivity index is 1.19. The number of amides is 1. The van der Waals surface area contributed by atoms with Gasteiger partial charge in [-0.3, -0.25) is 4.79 Å². The highest BCUT2D eigenvalue weighted by atomic mass is 16.5. The summed E-state index contributed by atoms with van der Waals surface area (Å²) in [5.41, 5.74) is 3.59. The molecule has 2 aliphatic rings. The third-order valence-corrected chi connectivity index (χ3v) is 6.61. The molecule has 1 fully saturated rings. The molecule has 4 rings (SSSR count). The maximum absolute atomic E-state index is 11.6. The smallest absolute Gasteiger partial charge is 0.224 e. The molecule has 0 unspecified atom stereocenters. The standard InChI is InChI=1S/C25H32N2O2/c1-27(15-12-21(13-16-27)18-20-6-3-2-4-7-20)14-5-17-29-23-10-8-22-9-11-25(28)26-24(22)19-23/h2-4,6-8,10,19,21H,5,9,11-18H2,1H3/p+1. The van der Waals surface area contributed by atoms with E-state index in [1.807, 2.05) is 12.1 Å². The summed E-state index contributed by atoms with van der Waals surface area (Å²) in [6.07, 6.45) is 6.31. The number of piperidine rings is 1. The first-order chi connectivity index (χ1) is 14.1. The average molecular weight is 394 g/mol. The minimum Gasteiger partial charge on any atom is -0.493 e. The van der Waals surface area contributed by atoms with Gasteiger partial charge in [-0.05, 0) is 48.8 Å². The van der Waals surface area contributed by atoms with Crippen molar-refractivity contribution in [1.29, 1.82) is 0 Å². The molecular weight excluding hydrogens is 360 g/mol. The molecule has 0 spiro atoms. The first-order valence-corrected chi connectivity index (χ1v) is 11.0. The van der Waals surface area contributed by atoms with E-state index in [0.717, 1.165) is 41.3 Å². The first kappa shape index (κ1) is 20.0. The summed E-state index contributed by atoms with van der Waals surface area (Å²) in [5, 5.41) is 2.95. The third-order valence-electron chi connectivity index (χ3n) is 6.61. The average Bonchev–Trinajstić information content (AvgIpc) is 2.74. The molecule has 154 valence electrons. The van der Waals surface area contributed by atoms with Crippen molar-refractivity contribution >= 4 is 11.6 Å². The number of likely N-dealkylation sites (tertiary alicyclic amines) is 1. The van der Waals surface area contributed by atoms with Gasteiger partial charge in [-0.1, -0.05) is 36.4 Å². The van der Waals surface area contributed by atoms with E-state index >= 15 is 0 Å². The number of quaternary nitrogens is 1. The van der Waals surface area contributed by atoms with Crippen molar-refractivity contribution in [3.8, 4) is 5.75 Å². The topological polar surface area (TPSA) is 38.3 Å². The highest BCUT2D eigenvalue weighted by Crippen LogP contribution is 2.28. The Morgan fingerprint density at radius 1 is 1.07 bits per heavy atom. The van der Waals surface area contributed by atoms with Gasteiger partial charge in [0.05, 0.1) is 33.3 Å². The monoisotopic (exact) mass is 393 g/mol. The van der Waals surface area contributed by atoms with Gasteiger partial charge in [0.2, 0.25) is 5.91 Å². The van der Waals surface area contributed by atoms with Crippen LogP contribution in [0.2, 0.25) is 0 Å². The second kappa shape index (κ2) is 9.00. The molecule has 4 heteroatoms. The van der Waals surface area contributed by atoms with E-state index in [1.165, 1.54) is 50.0 Å². The molecule has 0 aromatic heterocycles. The fourth-order valence-corrected chi connectivity index (χ4v) is 4.70. The quantitative estimate of drug-likeness (QED) is 0.558. The van der Waals surface area contributed by atoms with Gasteiger partial charge in [0.1, 0.15) is 5.75 Å². The SMILES string of the molecule is C[N+]1(CCCOc2ccc3c(c2)NC(=O)CC3)CCC(Cc2ccccc2)CC1. The summed E-state index contributed by atoms with van der Waals surface area (Å²) in [4.78, 5) is 11.6. The van der Waals surface area contributed by atoms with E-state index in [0.29, 0.717) is 6.42 Å². The molecule has 2 heterocycles. The van der Waals surface area contributed by atoms with Gasteiger partial charge in [-0.25, -0.2) is 0 Å². The number of hydrogen-bond acceptors (Lipinski definition) is 2. The van der Waals surface area contributed by atoms with Gasteiger partial charge in [0.15, 0.2) is 0 Å². The van der Waals surface area contributed by atoms with Crippen molar-refractivity contribution in [1.82, 2.24) is 0 Å². The van der Waals surface area contributed by atoms with Crippen molar-refractivity contribution in [2.75, 3.05) is 38.6 Å². The predicted octanol–water partition coefficient (Wildman–Crippen LogP) is 4.44. The lowest BCUT2D eigenvalue weighted by Gasteiger charge is -2.40. The van der Waals surface area contributed by atoms with Crippen molar-refractivity contribution in [3.05, 3.63) is 59.7 Å². The van der Waals surface area contributed by atoms with Gasteiger partial charge in [0, 0.05) is 24.6 Å². The number of carbonyl (C=O) groups excluding carboxylic acids is 1. The van der Waals surface area contributed by atoms with E-state index < -0.39 is 0 Å². The first-order valence-electron chi connectivity index (χ1n) is 11.0. The van der Waals surface area contributed by atoms with Crippen LogP contribution in [-0.2, 0) is 17.6 Å². The van der Waals surface area contributed by atoms with Gasteiger partial charge in [-0.15, -0.1) is 0 Å².